The van der Waals surface area contributed by atoms with Gasteiger partial charge in [0.1, 0.15) is 23.4 Å². The molecule has 0 radical (unpaired) electrons. The van der Waals surface area contributed by atoms with E-state index in [4.69, 9.17) is 32.9 Å². The number of aromatic amines is 1. The van der Waals surface area contributed by atoms with Gasteiger partial charge in [0.25, 0.3) is 0 Å². The maximum Gasteiger partial charge on any atom is 0.128 e. The zero-order valence-corrected chi connectivity index (χ0v) is 24.6. The Balaban J connectivity index is 1.00. The normalized spacial score (nSPS) is 19.9. The summed E-state index contributed by atoms with van der Waals surface area (Å²) in [6.07, 6.45) is 7.29. The molecule has 3 aromatic heterocycles. The van der Waals surface area contributed by atoms with Gasteiger partial charge in [0, 0.05) is 71.9 Å². The number of hydrogen-bond donors (Lipinski definition) is 2. The van der Waals surface area contributed by atoms with Gasteiger partial charge in [-0.05, 0) is 63.2 Å². The Hall–Kier alpha value is -2.56. The zero-order chi connectivity index (χ0) is 27.3. The second-order valence-corrected chi connectivity index (χ2v) is 13.4. The Kier molecular flexibility index (Phi) is 7.04. The van der Waals surface area contributed by atoms with Crippen molar-refractivity contribution in [2.45, 2.75) is 31.1 Å². The summed E-state index contributed by atoms with van der Waals surface area (Å²) in [5.74, 6) is 1.73. The monoisotopic (exact) mass is 595 g/mol. The fraction of sp³-hybridized carbons (Fsp3) is 0.414. The van der Waals surface area contributed by atoms with E-state index in [0.717, 1.165) is 59.4 Å². The number of nitrogens with zero attached hydrogens (tertiary/aromatic N) is 5. The third kappa shape index (κ3) is 5.03. The van der Waals surface area contributed by atoms with Crippen LogP contribution in [0.3, 0.4) is 0 Å². The molecule has 11 heteroatoms. The van der Waals surface area contributed by atoms with Crippen LogP contribution in [0.2, 0.25) is 10.0 Å². The largest absolute Gasteiger partial charge is 0.486 e. The molecule has 40 heavy (non-hydrogen) atoms. The third-order valence-corrected chi connectivity index (χ3v) is 10.1. The van der Waals surface area contributed by atoms with Crippen LogP contribution in [0.5, 0.6) is 5.75 Å². The first-order valence-corrected chi connectivity index (χ1v) is 15.3. The Morgan fingerprint density at radius 1 is 1.02 bits per heavy atom. The molecule has 3 aliphatic rings. The Bertz CT molecular complexity index is 1490. The first kappa shape index (κ1) is 26.3. The second kappa shape index (κ2) is 10.7. The molecule has 2 N–H and O–H groups in total. The Morgan fingerprint density at radius 3 is 2.52 bits per heavy atom. The molecule has 208 valence electrons. The standard InChI is InChI=1S/C29H31Cl2N7OS/c1-18(27-23(30)12-33-13-24(27)31)39-20-3-4-25-22(10-20)28(36-35-25)19-2-5-26(34-11-19)37-14-29(15-37)16-38(17-29)40-21-6-8-32-9-7-21/h2-5,10-13,18,21,32H,6-9,14-17H2,1H3,(H,35,36)/t18-/m1/s1. The fourth-order valence-electron chi connectivity index (χ4n) is 6.09. The summed E-state index contributed by atoms with van der Waals surface area (Å²) >= 11 is 14.8. The van der Waals surface area contributed by atoms with E-state index >= 15 is 0 Å². The van der Waals surface area contributed by atoms with E-state index in [-0.39, 0.29) is 6.10 Å². The van der Waals surface area contributed by atoms with Gasteiger partial charge in [-0.15, -0.1) is 0 Å². The summed E-state index contributed by atoms with van der Waals surface area (Å²) in [6.45, 7) is 8.79. The van der Waals surface area contributed by atoms with Gasteiger partial charge in [0.05, 0.1) is 15.6 Å². The number of rotatable bonds is 7. The van der Waals surface area contributed by atoms with Crippen LogP contribution in [-0.2, 0) is 0 Å². The molecule has 6 heterocycles. The van der Waals surface area contributed by atoms with Crippen molar-refractivity contribution in [3.63, 3.8) is 0 Å². The van der Waals surface area contributed by atoms with E-state index in [1.165, 1.54) is 25.9 Å². The van der Waals surface area contributed by atoms with Gasteiger partial charge >= 0.3 is 0 Å². The number of fused-ring (bicyclic) bond motifs is 1. The first-order chi connectivity index (χ1) is 19.5. The van der Waals surface area contributed by atoms with Crippen molar-refractivity contribution in [3.8, 4) is 17.0 Å². The first-order valence-electron chi connectivity index (χ1n) is 13.7. The minimum atomic E-state index is -0.345. The van der Waals surface area contributed by atoms with E-state index in [1.54, 1.807) is 12.4 Å². The molecule has 7 rings (SSSR count). The van der Waals surface area contributed by atoms with Crippen molar-refractivity contribution < 1.29 is 4.74 Å². The average molecular weight is 597 g/mol. The van der Waals surface area contributed by atoms with Crippen molar-refractivity contribution in [1.29, 1.82) is 0 Å². The predicted molar refractivity (Wildman–Crippen MR) is 162 cm³/mol. The molecule has 0 saturated carbocycles. The summed E-state index contributed by atoms with van der Waals surface area (Å²) in [4.78, 5) is 11.2. The molecule has 0 amide bonds. The van der Waals surface area contributed by atoms with E-state index in [0.29, 0.717) is 26.8 Å². The number of hydrogen-bond acceptors (Lipinski definition) is 8. The summed E-state index contributed by atoms with van der Waals surface area (Å²) < 4.78 is 8.80. The SMILES string of the molecule is C[C@@H](Oc1ccc2[nH]nc(-c3ccc(N4CC5(CN(SC6CCNCC6)C5)C4)nc3)c2c1)c1c(Cl)cncc1Cl. The summed E-state index contributed by atoms with van der Waals surface area (Å²) in [5.41, 5.74) is 3.89. The number of ether oxygens (including phenoxy) is 1. The molecule has 4 aromatic rings. The maximum absolute atomic E-state index is 6.34. The minimum absolute atomic E-state index is 0.345. The fourth-order valence-corrected chi connectivity index (χ4v) is 8.32. The van der Waals surface area contributed by atoms with Crippen LogP contribution >= 0.6 is 35.1 Å². The smallest absolute Gasteiger partial charge is 0.128 e. The molecule has 1 atom stereocenters. The zero-order valence-electron chi connectivity index (χ0n) is 22.2. The lowest BCUT2D eigenvalue weighted by molar-refractivity contribution is 0.0465. The quantitative estimate of drug-likeness (QED) is 0.252. The van der Waals surface area contributed by atoms with Crippen LogP contribution in [0.1, 0.15) is 31.4 Å². The van der Waals surface area contributed by atoms with Gasteiger partial charge in [-0.2, -0.15) is 5.10 Å². The predicted octanol–water partition coefficient (Wildman–Crippen LogP) is 5.99. The molecular formula is C29H31Cl2N7OS. The molecule has 3 aliphatic heterocycles. The van der Waals surface area contributed by atoms with Crippen molar-refractivity contribution in [3.05, 3.63) is 64.5 Å². The van der Waals surface area contributed by atoms with Crippen LogP contribution in [0, 0.1) is 5.41 Å². The van der Waals surface area contributed by atoms with E-state index in [9.17, 15) is 0 Å². The van der Waals surface area contributed by atoms with Gasteiger partial charge < -0.3 is 15.0 Å². The van der Waals surface area contributed by atoms with Gasteiger partial charge in [0.2, 0.25) is 0 Å². The topological polar surface area (TPSA) is 82.2 Å². The van der Waals surface area contributed by atoms with Crippen molar-refractivity contribution in [2.75, 3.05) is 44.2 Å². The highest BCUT2D eigenvalue weighted by Gasteiger charge is 2.52. The lowest BCUT2D eigenvalue weighted by Crippen LogP contribution is -2.71. The van der Waals surface area contributed by atoms with E-state index in [2.05, 4.69) is 53.8 Å². The highest BCUT2D eigenvalue weighted by atomic mass is 35.5. The van der Waals surface area contributed by atoms with Crippen molar-refractivity contribution in [1.82, 2.24) is 29.8 Å². The average Bonchev–Trinajstić information content (AvgIpc) is 3.33. The molecular weight excluding hydrogens is 565 g/mol. The molecule has 8 nitrogen and oxygen atoms in total. The molecule has 1 spiro atoms. The minimum Gasteiger partial charge on any atom is -0.486 e. The number of halogens is 2. The number of anilines is 1. The summed E-state index contributed by atoms with van der Waals surface area (Å²) in [7, 11) is 0. The van der Waals surface area contributed by atoms with Gasteiger partial charge in [0.15, 0.2) is 0 Å². The van der Waals surface area contributed by atoms with Crippen LogP contribution in [-0.4, -0.2) is 69.0 Å². The second-order valence-electron chi connectivity index (χ2n) is 11.2. The van der Waals surface area contributed by atoms with Gasteiger partial charge in [-0.3, -0.25) is 10.1 Å². The highest BCUT2D eigenvalue weighted by molar-refractivity contribution is 7.97. The summed E-state index contributed by atoms with van der Waals surface area (Å²) in [6, 6.07) is 10.1. The van der Waals surface area contributed by atoms with Crippen LogP contribution in [0.15, 0.2) is 48.9 Å². The molecule has 1 aromatic carbocycles. The van der Waals surface area contributed by atoms with Crippen molar-refractivity contribution in [2.24, 2.45) is 5.41 Å². The molecule has 3 saturated heterocycles. The number of benzene rings is 1. The number of pyridine rings is 2. The highest BCUT2D eigenvalue weighted by Crippen LogP contribution is 2.45. The molecule has 0 unspecified atom stereocenters. The number of nitrogens with one attached hydrogen (secondary N) is 2. The van der Waals surface area contributed by atoms with Crippen LogP contribution in [0.4, 0.5) is 5.82 Å². The molecule has 3 fully saturated rings. The molecule has 0 bridgehead atoms. The Morgan fingerprint density at radius 2 is 1.80 bits per heavy atom. The Labute approximate surface area is 247 Å². The van der Waals surface area contributed by atoms with E-state index < -0.39 is 0 Å². The van der Waals surface area contributed by atoms with Gasteiger partial charge in [-0.1, -0.05) is 35.1 Å². The number of aromatic nitrogens is 4. The third-order valence-electron chi connectivity index (χ3n) is 8.15. The van der Waals surface area contributed by atoms with Crippen LogP contribution < -0.4 is 15.0 Å². The lowest BCUT2D eigenvalue weighted by atomic mass is 9.74. The van der Waals surface area contributed by atoms with Crippen molar-refractivity contribution >= 4 is 51.9 Å². The summed E-state index contributed by atoms with van der Waals surface area (Å²) in [5, 5.41) is 13.9. The lowest BCUT2D eigenvalue weighted by Gasteiger charge is -2.60. The molecule has 0 aliphatic carbocycles. The van der Waals surface area contributed by atoms with E-state index in [1.807, 2.05) is 31.3 Å². The maximum atomic E-state index is 6.34. The number of piperidine rings is 1. The van der Waals surface area contributed by atoms with Crippen LogP contribution in [0.25, 0.3) is 22.2 Å². The number of H-pyrrole nitrogens is 1. The van der Waals surface area contributed by atoms with Gasteiger partial charge in [-0.25, -0.2) is 9.29 Å².